The van der Waals surface area contributed by atoms with Crippen LogP contribution >= 0.6 is 0 Å². The van der Waals surface area contributed by atoms with E-state index in [1.807, 2.05) is 11.8 Å². The van der Waals surface area contributed by atoms with Crippen molar-refractivity contribution in [3.63, 3.8) is 0 Å². The van der Waals surface area contributed by atoms with Gasteiger partial charge in [0.2, 0.25) is 0 Å². The van der Waals surface area contributed by atoms with E-state index in [0.29, 0.717) is 19.2 Å². The SMILES string of the molecule is CC(OCC1CCCCO1)C(=O)N(Cc1ccc(F)cc1)C1CC1. The Bertz CT molecular complexity index is 538. The van der Waals surface area contributed by atoms with Gasteiger partial charge in [-0.2, -0.15) is 0 Å². The molecule has 5 heteroatoms. The Hall–Kier alpha value is -1.46. The number of halogens is 1. The number of carbonyl (C=O) groups excluding carboxylic acids is 1. The maximum Gasteiger partial charge on any atom is 0.251 e. The van der Waals surface area contributed by atoms with E-state index in [1.165, 1.54) is 12.1 Å². The summed E-state index contributed by atoms with van der Waals surface area (Å²) in [5.74, 6) is -0.245. The Balaban J connectivity index is 1.54. The van der Waals surface area contributed by atoms with Crippen LogP contribution in [0.4, 0.5) is 4.39 Å². The van der Waals surface area contributed by atoms with Gasteiger partial charge in [-0.25, -0.2) is 4.39 Å². The lowest BCUT2D eigenvalue weighted by Gasteiger charge is -2.28. The van der Waals surface area contributed by atoms with Crippen LogP contribution in [-0.2, 0) is 20.8 Å². The number of rotatable bonds is 7. The minimum atomic E-state index is -0.475. The summed E-state index contributed by atoms with van der Waals surface area (Å²) in [5, 5.41) is 0. The first-order valence-electron chi connectivity index (χ1n) is 8.91. The Morgan fingerprint density at radius 3 is 2.67 bits per heavy atom. The molecule has 0 radical (unpaired) electrons. The van der Waals surface area contributed by atoms with Gasteiger partial charge in [-0.3, -0.25) is 4.79 Å². The van der Waals surface area contributed by atoms with E-state index in [-0.39, 0.29) is 17.8 Å². The van der Waals surface area contributed by atoms with Gasteiger partial charge in [0, 0.05) is 19.2 Å². The van der Waals surface area contributed by atoms with Crippen LogP contribution in [0.15, 0.2) is 24.3 Å². The molecule has 0 bridgehead atoms. The van der Waals surface area contributed by atoms with Crippen LogP contribution in [0.1, 0.15) is 44.6 Å². The molecular formula is C19H26FNO3. The number of hydrogen-bond donors (Lipinski definition) is 0. The maximum atomic E-state index is 13.0. The van der Waals surface area contributed by atoms with Crippen molar-refractivity contribution in [2.24, 2.45) is 0 Å². The standard InChI is InChI=1S/C19H26FNO3/c1-14(24-13-18-4-2-3-11-23-18)19(22)21(17-9-10-17)12-15-5-7-16(20)8-6-15/h5-8,14,17-18H,2-4,9-13H2,1H3. The Morgan fingerprint density at radius 1 is 1.29 bits per heavy atom. The van der Waals surface area contributed by atoms with Gasteiger partial charge in [-0.1, -0.05) is 12.1 Å². The van der Waals surface area contributed by atoms with Crippen molar-refractivity contribution in [2.45, 2.75) is 63.8 Å². The van der Waals surface area contributed by atoms with Crippen LogP contribution in [-0.4, -0.2) is 42.3 Å². The highest BCUT2D eigenvalue weighted by Crippen LogP contribution is 2.29. The highest BCUT2D eigenvalue weighted by atomic mass is 19.1. The van der Waals surface area contributed by atoms with Gasteiger partial charge in [0.1, 0.15) is 11.9 Å². The summed E-state index contributed by atoms with van der Waals surface area (Å²) in [7, 11) is 0. The lowest BCUT2D eigenvalue weighted by Crippen LogP contribution is -2.41. The first kappa shape index (κ1) is 17.4. The summed E-state index contributed by atoms with van der Waals surface area (Å²) >= 11 is 0. The second-order valence-corrected chi connectivity index (χ2v) is 6.79. The molecule has 1 aliphatic heterocycles. The van der Waals surface area contributed by atoms with Gasteiger partial charge in [0.25, 0.3) is 5.91 Å². The maximum absolute atomic E-state index is 13.0. The van der Waals surface area contributed by atoms with Crippen LogP contribution < -0.4 is 0 Å². The van der Waals surface area contributed by atoms with Crippen LogP contribution in [0.5, 0.6) is 0 Å². The first-order valence-corrected chi connectivity index (χ1v) is 8.91. The highest BCUT2D eigenvalue weighted by Gasteiger charge is 2.35. The molecule has 2 fully saturated rings. The molecule has 0 N–H and O–H groups in total. The van der Waals surface area contributed by atoms with E-state index in [9.17, 15) is 9.18 Å². The topological polar surface area (TPSA) is 38.8 Å². The van der Waals surface area contributed by atoms with E-state index in [4.69, 9.17) is 9.47 Å². The molecule has 2 atom stereocenters. The van der Waals surface area contributed by atoms with Gasteiger partial charge < -0.3 is 14.4 Å². The van der Waals surface area contributed by atoms with Gasteiger partial charge >= 0.3 is 0 Å². The molecule has 1 heterocycles. The molecule has 4 nitrogen and oxygen atoms in total. The van der Waals surface area contributed by atoms with Crippen LogP contribution in [0.2, 0.25) is 0 Å². The largest absolute Gasteiger partial charge is 0.376 e. The lowest BCUT2D eigenvalue weighted by molar-refractivity contribution is -0.147. The van der Waals surface area contributed by atoms with Crippen molar-refractivity contribution in [1.29, 1.82) is 0 Å². The predicted molar refractivity (Wildman–Crippen MR) is 89.0 cm³/mol. The zero-order chi connectivity index (χ0) is 16.9. The zero-order valence-electron chi connectivity index (χ0n) is 14.2. The smallest absolute Gasteiger partial charge is 0.251 e. The fourth-order valence-electron chi connectivity index (χ4n) is 3.06. The molecule has 3 rings (SSSR count). The van der Waals surface area contributed by atoms with Crippen LogP contribution in [0, 0.1) is 5.82 Å². The molecule has 1 aromatic rings. The molecule has 0 aromatic heterocycles. The molecule has 2 aliphatic rings. The van der Waals surface area contributed by atoms with E-state index in [1.54, 1.807) is 12.1 Å². The summed E-state index contributed by atoms with van der Waals surface area (Å²) in [6.07, 6.45) is 4.98. The zero-order valence-corrected chi connectivity index (χ0v) is 14.2. The summed E-state index contributed by atoms with van der Waals surface area (Å²) in [6, 6.07) is 6.63. The summed E-state index contributed by atoms with van der Waals surface area (Å²) in [4.78, 5) is 14.6. The van der Waals surface area contributed by atoms with Crippen molar-refractivity contribution < 1.29 is 18.7 Å². The minimum Gasteiger partial charge on any atom is -0.376 e. The monoisotopic (exact) mass is 335 g/mol. The average molecular weight is 335 g/mol. The molecule has 1 saturated heterocycles. The Labute approximate surface area is 142 Å². The molecule has 2 unspecified atom stereocenters. The Kier molecular flexibility index (Phi) is 5.85. The van der Waals surface area contributed by atoms with Gasteiger partial charge in [0.15, 0.2) is 0 Å². The molecule has 1 aliphatic carbocycles. The number of hydrogen-bond acceptors (Lipinski definition) is 3. The molecule has 0 spiro atoms. The minimum absolute atomic E-state index is 0.0117. The van der Waals surface area contributed by atoms with Gasteiger partial charge in [-0.15, -0.1) is 0 Å². The lowest BCUT2D eigenvalue weighted by atomic mass is 10.1. The third-order valence-corrected chi connectivity index (χ3v) is 4.69. The molecule has 1 amide bonds. The quantitative estimate of drug-likeness (QED) is 0.767. The molecule has 24 heavy (non-hydrogen) atoms. The van der Waals surface area contributed by atoms with Crippen LogP contribution in [0.25, 0.3) is 0 Å². The fourth-order valence-corrected chi connectivity index (χ4v) is 3.06. The number of carbonyl (C=O) groups is 1. The van der Waals surface area contributed by atoms with E-state index in [0.717, 1.165) is 44.3 Å². The predicted octanol–water partition coefficient (Wildman–Crippen LogP) is 3.29. The van der Waals surface area contributed by atoms with Crippen molar-refractivity contribution in [3.05, 3.63) is 35.6 Å². The van der Waals surface area contributed by atoms with Crippen LogP contribution in [0.3, 0.4) is 0 Å². The molecule has 1 saturated carbocycles. The van der Waals surface area contributed by atoms with Crippen molar-refractivity contribution >= 4 is 5.91 Å². The van der Waals surface area contributed by atoms with E-state index >= 15 is 0 Å². The molecular weight excluding hydrogens is 309 g/mol. The highest BCUT2D eigenvalue weighted by molar-refractivity contribution is 5.81. The summed E-state index contributed by atoms with van der Waals surface area (Å²) in [6.45, 7) is 3.58. The van der Waals surface area contributed by atoms with E-state index in [2.05, 4.69) is 0 Å². The molecule has 132 valence electrons. The number of ether oxygens (including phenoxy) is 2. The van der Waals surface area contributed by atoms with E-state index < -0.39 is 6.10 Å². The Morgan fingerprint density at radius 2 is 2.04 bits per heavy atom. The van der Waals surface area contributed by atoms with Crippen molar-refractivity contribution in [2.75, 3.05) is 13.2 Å². The fraction of sp³-hybridized carbons (Fsp3) is 0.632. The second-order valence-electron chi connectivity index (χ2n) is 6.79. The molecule has 1 aromatic carbocycles. The second kappa shape index (κ2) is 8.08. The summed E-state index contributed by atoms with van der Waals surface area (Å²) < 4.78 is 24.5. The summed E-state index contributed by atoms with van der Waals surface area (Å²) in [5.41, 5.74) is 0.944. The first-order chi connectivity index (χ1) is 11.6. The van der Waals surface area contributed by atoms with Gasteiger partial charge in [0.05, 0.1) is 12.7 Å². The van der Waals surface area contributed by atoms with Gasteiger partial charge in [-0.05, 0) is 56.7 Å². The number of benzene rings is 1. The average Bonchev–Trinajstić information content (AvgIpc) is 3.44. The number of amides is 1. The number of nitrogens with zero attached hydrogens (tertiary/aromatic N) is 1. The van der Waals surface area contributed by atoms with Crippen molar-refractivity contribution in [3.8, 4) is 0 Å². The third-order valence-electron chi connectivity index (χ3n) is 4.69. The van der Waals surface area contributed by atoms with Crippen molar-refractivity contribution in [1.82, 2.24) is 4.90 Å². The normalized spacial score (nSPS) is 22.2. The third kappa shape index (κ3) is 4.77.